The molecule has 8 nitrogen and oxygen atoms in total. The Balaban J connectivity index is 1.85. The Labute approximate surface area is 167 Å². The zero-order chi connectivity index (χ0) is 20.2. The summed E-state index contributed by atoms with van der Waals surface area (Å²) in [6.07, 6.45) is 10.8. The average molecular weight is 387 g/mol. The molecule has 1 amide bonds. The number of carbonyl (C=O) groups is 1. The van der Waals surface area contributed by atoms with Crippen molar-refractivity contribution in [2.24, 2.45) is 5.73 Å². The summed E-state index contributed by atoms with van der Waals surface area (Å²) in [5.74, 6) is -0.589. The first kappa shape index (κ1) is 18.7. The summed E-state index contributed by atoms with van der Waals surface area (Å²) in [5.41, 5.74) is 9.76. The van der Waals surface area contributed by atoms with E-state index in [4.69, 9.17) is 10.7 Å². The van der Waals surface area contributed by atoms with E-state index in [0.29, 0.717) is 17.9 Å². The minimum atomic E-state index is -0.632. The third-order valence-electron chi connectivity index (χ3n) is 4.75. The van der Waals surface area contributed by atoms with Gasteiger partial charge >= 0.3 is 0 Å². The highest BCUT2D eigenvalue weighted by Crippen LogP contribution is 2.24. The van der Waals surface area contributed by atoms with Crippen LogP contribution in [0.3, 0.4) is 0 Å². The van der Waals surface area contributed by atoms with Crippen molar-refractivity contribution in [1.82, 2.24) is 29.5 Å². The number of primary amides is 1. The van der Waals surface area contributed by atoms with E-state index in [9.17, 15) is 4.79 Å². The van der Waals surface area contributed by atoms with Crippen LogP contribution in [0, 0.1) is 0 Å². The molecule has 0 aliphatic rings. The van der Waals surface area contributed by atoms with Crippen LogP contribution in [0.4, 0.5) is 0 Å². The highest BCUT2D eigenvalue weighted by atomic mass is 16.1. The van der Waals surface area contributed by atoms with Crippen LogP contribution in [0.1, 0.15) is 36.3 Å². The number of hydrogen-bond acceptors (Lipinski definition) is 6. The molecular weight excluding hydrogens is 366 g/mol. The fraction of sp³-hybridized carbons (Fsp3) is 0.238. The molecular formula is C21H21N7O. The zero-order valence-electron chi connectivity index (χ0n) is 16.1. The van der Waals surface area contributed by atoms with Gasteiger partial charge in [-0.1, -0.05) is 19.4 Å². The van der Waals surface area contributed by atoms with E-state index in [1.54, 1.807) is 24.8 Å². The molecule has 1 atom stereocenters. The third kappa shape index (κ3) is 3.82. The first-order valence-electron chi connectivity index (χ1n) is 9.50. The number of fused-ring (bicyclic) bond motifs is 1. The summed E-state index contributed by atoms with van der Waals surface area (Å²) >= 11 is 0. The number of hydrogen-bond donors (Lipinski definition) is 1. The summed E-state index contributed by atoms with van der Waals surface area (Å²) in [6, 6.07) is 7.56. The number of aromatic nitrogens is 6. The van der Waals surface area contributed by atoms with Gasteiger partial charge in [0.1, 0.15) is 11.7 Å². The summed E-state index contributed by atoms with van der Waals surface area (Å²) in [6.45, 7) is 2.08. The molecule has 1 unspecified atom stereocenters. The molecule has 4 aromatic rings. The van der Waals surface area contributed by atoms with E-state index in [2.05, 4.69) is 27.1 Å². The van der Waals surface area contributed by atoms with Crippen molar-refractivity contribution in [3.05, 3.63) is 72.3 Å². The van der Waals surface area contributed by atoms with Crippen molar-refractivity contribution >= 4 is 11.6 Å². The molecule has 0 aliphatic carbocycles. The summed E-state index contributed by atoms with van der Waals surface area (Å²) in [5, 5.41) is 8.66. The van der Waals surface area contributed by atoms with Gasteiger partial charge in [0, 0.05) is 36.5 Å². The molecule has 0 saturated heterocycles. The van der Waals surface area contributed by atoms with Crippen LogP contribution in [0.25, 0.3) is 16.9 Å². The van der Waals surface area contributed by atoms with E-state index in [1.165, 1.54) is 0 Å². The van der Waals surface area contributed by atoms with Crippen LogP contribution in [-0.4, -0.2) is 35.5 Å². The van der Waals surface area contributed by atoms with Gasteiger partial charge < -0.3 is 5.73 Å². The lowest BCUT2D eigenvalue weighted by Crippen LogP contribution is -2.25. The Morgan fingerprint density at radius 3 is 2.59 bits per heavy atom. The largest absolute Gasteiger partial charge is 0.369 e. The van der Waals surface area contributed by atoms with Crippen LogP contribution in [0.5, 0.6) is 0 Å². The third-order valence-corrected chi connectivity index (χ3v) is 4.75. The first-order chi connectivity index (χ1) is 14.2. The van der Waals surface area contributed by atoms with Gasteiger partial charge in [-0.25, -0.2) is 4.98 Å². The Morgan fingerprint density at radius 2 is 1.93 bits per heavy atom. The van der Waals surface area contributed by atoms with E-state index < -0.39 is 11.8 Å². The molecule has 8 heteroatoms. The van der Waals surface area contributed by atoms with Gasteiger partial charge in [-0.3, -0.25) is 19.2 Å². The summed E-state index contributed by atoms with van der Waals surface area (Å²) < 4.78 is 1.84. The summed E-state index contributed by atoms with van der Waals surface area (Å²) in [7, 11) is 0. The van der Waals surface area contributed by atoms with Crippen LogP contribution >= 0.6 is 0 Å². The van der Waals surface area contributed by atoms with Crippen molar-refractivity contribution in [3.8, 4) is 11.3 Å². The van der Waals surface area contributed by atoms with Crippen molar-refractivity contribution in [2.75, 3.05) is 0 Å². The fourth-order valence-electron chi connectivity index (χ4n) is 3.34. The molecule has 0 spiro atoms. The molecule has 0 aromatic carbocycles. The maximum absolute atomic E-state index is 12.3. The number of pyridine rings is 2. The predicted molar refractivity (Wildman–Crippen MR) is 108 cm³/mol. The molecule has 0 bridgehead atoms. The fourth-order valence-corrected chi connectivity index (χ4v) is 3.34. The zero-order valence-corrected chi connectivity index (χ0v) is 16.1. The molecule has 2 N–H and O–H groups in total. The van der Waals surface area contributed by atoms with Crippen molar-refractivity contribution in [1.29, 1.82) is 0 Å². The minimum absolute atomic E-state index is 0.400. The smallest absolute Gasteiger partial charge is 0.228 e. The van der Waals surface area contributed by atoms with Gasteiger partial charge in [-0.05, 0) is 36.6 Å². The normalized spacial score (nSPS) is 12.2. The number of nitrogens with two attached hydrogens (primary N) is 1. The van der Waals surface area contributed by atoms with Gasteiger partial charge in [-0.15, -0.1) is 10.2 Å². The average Bonchev–Trinajstić information content (AvgIpc) is 3.17. The Morgan fingerprint density at radius 1 is 1.14 bits per heavy atom. The van der Waals surface area contributed by atoms with E-state index in [0.717, 1.165) is 35.4 Å². The van der Waals surface area contributed by atoms with Gasteiger partial charge in [0.05, 0.1) is 11.4 Å². The first-order valence-corrected chi connectivity index (χ1v) is 9.50. The van der Waals surface area contributed by atoms with Crippen LogP contribution < -0.4 is 5.73 Å². The lowest BCUT2D eigenvalue weighted by molar-refractivity contribution is -0.119. The standard InChI is InChI=1S/C21H21N7O/c1-2-5-17-21-27-26-20(16(19(22)29)10-14-6-3-8-23-11-14)28(21)13-18(25-17)15-7-4-9-24-12-15/h3-4,6-9,11-13,16H,2,5,10H2,1H3,(H2,22,29). The highest BCUT2D eigenvalue weighted by Gasteiger charge is 2.26. The maximum Gasteiger partial charge on any atom is 0.228 e. The van der Waals surface area contributed by atoms with Crippen molar-refractivity contribution in [2.45, 2.75) is 32.1 Å². The van der Waals surface area contributed by atoms with E-state index in [1.807, 2.05) is 34.9 Å². The van der Waals surface area contributed by atoms with Gasteiger partial charge in [0.2, 0.25) is 5.91 Å². The SMILES string of the molecule is CCCc1nc(-c2cccnc2)cn2c(C(Cc3cccnc3)C(N)=O)nnc12. The quantitative estimate of drug-likeness (QED) is 0.521. The molecule has 0 aliphatic heterocycles. The lowest BCUT2D eigenvalue weighted by atomic mass is 9.99. The monoisotopic (exact) mass is 387 g/mol. The van der Waals surface area contributed by atoms with Gasteiger partial charge in [-0.2, -0.15) is 0 Å². The molecule has 0 fully saturated rings. The molecule has 4 heterocycles. The number of amides is 1. The maximum atomic E-state index is 12.3. The van der Waals surface area contributed by atoms with Gasteiger partial charge in [0.25, 0.3) is 0 Å². The molecule has 29 heavy (non-hydrogen) atoms. The van der Waals surface area contributed by atoms with Crippen molar-refractivity contribution < 1.29 is 4.79 Å². The number of nitrogens with zero attached hydrogens (tertiary/aromatic N) is 6. The topological polar surface area (TPSA) is 112 Å². The highest BCUT2D eigenvalue weighted by molar-refractivity contribution is 5.81. The molecule has 4 rings (SSSR count). The summed E-state index contributed by atoms with van der Waals surface area (Å²) in [4.78, 5) is 25.4. The predicted octanol–water partition coefficient (Wildman–Crippen LogP) is 2.35. The second-order valence-corrected chi connectivity index (χ2v) is 6.84. The Hall–Kier alpha value is -3.68. The van der Waals surface area contributed by atoms with Crippen LogP contribution in [0.2, 0.25) is 0 Å². The molecule has 0 saturated carbocycles. The minimum Gasteiger partial charge on any atom is -0.369 e. The number of aryl methyl sites for hydroxylation is 1. The van der Waals surface area contributed by atoms with Crippen molar-refractivity contribution in [3.63, 3.8) is 0 Å². The number of carbonyl (C=O) groups excluding carboxylic acids is 1. The van der Waals surface area contributed by atoms with E-state index in [-0.39, 0.29) is 0 Å². The molecule has 146 valence electrons. The lowest BCUT2D eigenvalue weighted by Gasteiger charge is -2.13. The second-order valence-electron chi connectivity index (χ2n) is 6.84. The van der Waals surface area contributed by atoms with Crippen LogP contribution in [-0.2, 0) is 17.6 Å². The molecule has 0 radical (unpaired) electrons. The van der Waals surface area contributed by atoms with Crippen LogP contribution in [0.15, 0.2) is 55.2 Å². The molecule has 4 aromatic heterocycles. The second kappa shape index (κ2) is 8.14. The number of rotatable bonds is 7. The Kier molecular flexibility index (Phi) is 5.24. The van der Waals surface area contributed by atoms with E-state index >= 15 is 0 Å². The van der Waals surface area contributed by atoms with Gasteiger partial charge in [0.15, 0.2) is 5.65 Å². The Bertz CT molecular complexity index is 1130.